The highest BCUT2D eigenvalue weighted by Gasteiger charge is 2.16. The zero-order valence-corrected chi connectivity index (χ0v) is 11.0. The van der Waals surface area contributed by atoms with E-state index in [-0.39, 0.29) is 11.8 Å². The van der Waals surface area contributed by atoms with E-state index in [0.29, 0.717) is 24.2 Å². The molecule has 1 unspecified atom stereocenters. The van der Waals surface area contributed by atoms with Gasteiger partial charge in [-0.15, -0.1) is 0 Å². The van der Waals surface area contributed by atoms with Gasteiger partial charge >= 0.3 is 5.76 Å². The van der Waals surface area contributed by atoms with E-state index in [4.69, 9.17) is 10.2 Å². The summed E-state index contributed by atoms with van der Waals surface area (Å²) in [6.45, 7) is 2.60. The lowest BCUT2D eigenvalue weighted by Gasteiger charge is -2.20. The summed E-state index contributed by atoms with van der Waals surface area (Å²) >= 11 is 0. The molecule has 2 aromatic rings. The zero-order chi connectivity index (χ0) is 14.0. The number of carbonyl (C=O) groups excluding carboxylic acids is 1. The Bertz CT molecular complexity index is 644. The normalized spacial score (nSPS) is 12.6. The van der Waals surface area contributed by atoms with Crippen molar-refractivity contribution in [3.63, 3.8) is 0 Å². The molecule has 2 rings (SSSR count). The minimum Gasteiger partial charge on any atom is -0.408 e. The SMILES string of the molecule is CC(CN)C(=O)N(C)Cc1ccc2oc(=O)[nH]c2c1. The Morgan fingerprint density at radius 2 is 2.26 bits per heavy atom. The number of H-pyrrole nitrogens is 1. The third-order valence-corrected chi connectivity index (χ3v) is 3.05. The van der Waals surface area contributed by atoms with Gasteiger partial charge in [-0.25, -0.2) is 4.79 Å². The van der Waals surface area contributed by atoms with Crippen LogP contribution in [0.3, 0.4) is 0 Å². The number of nitrogens with zero attached hydrogens (tertiary/aromatic N) is 1. The summed E-state index contributed by atoms with van der Waals surface area (Å²) in [5.41, 5.74) is 7.55. The lowest BCUT2D eigenvalue weighted by Crippen LogP contribution is -2.34. The molecule has 0 radical (unpaired) electrons. The van der Waals surface area contributed by atoms with Crippen LogP contribution in [0.4, 0.5) is 0 Å². The third-order valence-electron chi connectivity index (χ3n) is 3.05. The van der Waals surface area contributed by atoms with Crippen molar-refractivity contribution in [2.45, 2.75) is 13.5 Å². The molecule has 0 fully saturated rings. The van der Waals surface area contributed by atoms with E-state index in [1.807, 2.05) is 6.07 Å². The van der Waals surface area contributed by atoms with Crippen LogP contribution in [-0.2, 0) is 11.3 Å². The van der Waals surface area contributed by atoms with Crippen LogP contribution in [-0.4, -0.2) is 29.4 Å². The predicted octanol–water partition coefficient (Wildman–Crippen LogP) is 0.674. The van der Waals surface area contributed by atoms with E-state index in [0.717, 1.165) is 5.56 Å². The maximum atomic E-state index is 11.9. The molecule has 6 nitrogen and oxygen atoms in total. The summed E-state index contributed by atoms with van der Waals surface area (Å²) in [6, 6.07) is 5.35. The molecule has 0 aliphatic carbocycles. The van der Waals surface area contributed by atoms with Gasteiger partial charge in [0.2, 0.25) is 5.91 Å². The van der Waals surface area contributed by atoms with E-state index < -0.39 is 5.76 Å². The highest BCUT2D eigenvalue weighted by Crippen LogP contribution is 2.14. The van der Waals surface area contributed by atoms with Crippen LogP contribution < -0.4 is 11.5 Å². The van der Waals surface area contributed by atoms with E-state index >= 15 is 0 Å². The molecule has 0 aliphatic rings. The Morgan fingerprint density at radius 1 is 1.53 bits per heavy atom. The number of nitrogens with one attached hydrogen (secondary N) is 1. The number of amides is 1. The first kappa shape index (κ1) is 13.4. The average Bonchev–Trinajstić information content (AvgIpc) is 2.76. The van der Waals surface area contributed by atoms with Gasteiger partial charge in [-0.05, 0) is 17.7 Å². The molecule has 19 heavy (non-hydrogen) atoms. The number of aromatic nitrogens is 1. The maximum absolute atomic E-state index is 11.9. The van der Waals surface area contributed by atoms with Gasteiger partial charge in [0.1, 0.15) is 0 Å². The zero-order valence-electron chi connectivity index (χ0n) is 11.0. The number of oxazole rings is 1. The second kappa shape index (κ2) is 5.27. The lowest BCUT2D eigenvalue weighted by atomic mass is 10.1. The summed E-state index contributed by atoms with van der Waals surface area (Å²) in [6.07, 6.45) is 0. The number of fused-ring (bicyclic) bond motifs is 1. The molecule has 1 aromatic carbocycles. The van der Waals surface area contributed by atoms with E-state index in [2.05, 4.69) is 4.98 Å². The van der Waals surface area contributed by atoms with Crippen LogP contribution >= 0.6 is 0 Å². The van der Waals surface area contributed by atoms with Gasteiger partial charge in [0.25, 0.3) is 0 Å². The molecular formula is C13H17N3O3. The first-order valence-electron chi connectivity index (χ1n) is 6.08. The van der Waals surface area contributed by atoms with Crippen LogP contribution in [0, 0.1) is 5.92 Å². The van der Waals surface area contributed by atoms with Crippen molar-refractivity contribution < 1.29 is 9.21 Å². The number of aromatic amines is 1. The van der Waals surface area contributed by atoms with Crippen LogP contribution in [0.5, 0.6) is 0 Å². The van der Waals surface area contributed by atoms with Crippen LogP contribution in [0.1, 0.15) is 12.5 Å². The molecule has 0 aliphatic heterocycles. The second-order valence-corrected chi connectivity index (χ2v) is 4.68. The van der Waals surface area contributed by atoms with Gasteiger partial charge < -0.3 is 15.1 Å². The van der Waals surface area contributed by atoms with Crippen LogP contribution in [0.25, 0.3) is 11.1 Å². The lowest BCUT2D eigenvalue weighted by molar-refractivity contribution is -0.133. The van der Waals surface area contributed by atoms with Gasteiger partial charge in [0.15, 0.2) is 5.58 Å². The molecule has 102 valence electrons. The molecular weight excluding hydrogens is 246 g/mol. The minimum absolute atomic E-state index is 0.00304. The molecule has 1 aromatic heterocycles. The molecule has 3 N–H and O–H groups in total. The maximum Gasteiger partial charge on any atom is 0.417 e. The summed E-state index contributed by atoms with van der Waals surface area (Å²) in [5.74, 6) is -0.668. The molecule has 0 saturated heterocycles. The van der Waals surface area contributed by atoms with E-state index in [1.54, 1.807) is 31.0 Å². The average molecular weight is 263 g/mol. The molecule has 1 amide bonds. The number of hydrogen-bond acceptors (Lipinski definition) is 4. The van der Waals surface area contributed by atoms with Crippen molar-refractivity contribution in [2.75, 3.05) is 13.6 Å². The number of rotatable bonds is 4. The standard InChI is InChI=1S/C13H17N3O3/c1-8(6-14)12(17)16(2)7-9-3-4-11-10(5-9)15-13(18)19-11/h3-5,8H,6-7,14H2,1-2H3,(H,15,18). The number of hydrogen-bond donors (Lipinski definition) is 2. The first-order chi connectivity index (χ1) is 9.01. The predicted molar refractivity (Wildman–Crippen MR) is 71.5 cm³/mol. The second-order valence-electron chi connectivity index (χ2n) is 4.68. The van der Waals surface area contributed by atoms with E-state index in [9.17, 15) is 9.59 Å². The number of benzene rings is 1. The van der Waals surface area contributed by atoms with Crippen molar-refractivity contribution in [1.82, 2.24) is 9.88 Å². The molecule has 0 saturated carbocycles. The van der Waals surface area contributed by atoms with Crippen LogP contribution in [0.15, 0.2) is 27.4 Å². The Balaban J connectivity index is 2.16. The quantitative estimate of drug-likeness (QED) is 0.848. The largest absolute Gasteiger partial charge is 0.417 e. The highest BCUT2D eigenvalue weighted by atomic mass is 16.4. The van der Waals surface area contributed by atoms with Crippen molar-refractivity contribution in [3.8, 4) is 0 Å². The third kappa shape index (κ3) is 2.85. The van der Waals surface area contributed by atoms with E-state index in [1.165, 1.54) is 0 Å². The van der Waals surface area contributed by atoms with Gasteiger partial charge in [0, 0.05) is 26.1 Å². The van der Waals surface area contributed by atoms with Gasteiger partial charge in [0.05, 0.1) is 5.52 Å². The summed E-state index contributed by atoms with van der Waals surface area (Å²) in [7, 11) is 1.73. The van der Waals surface area contributed by atoms with Gasteiger partial charge in [-0.2, -0.15) is 0 Å². The molecule has 0 bridgehead atoms. The van der Waals surface area contributed by atoms with Crippen molar-refractivity contribution in [3.05, 3.63) is 34.3 Å². The number of nitrogens with two attached hydrogens (primary N) is 1. The monoisotopic (exact) mass is 263 g/mol. The summed E-state index contributed by atoms with van der Waals surface area (Å²) in [4.78, 5) is 27.2. The Hall–Kier alpha value is -2.08. The fourth-order valence-electron chi connectivity index (χ4n) is 1.93. The van der Waals surface area contributed by atoms with Gasteiger partial charge in [-0.3, -0.25) is 9.78 Å². The fourth-order valence-corrected chi connectivity index (χ4v) is 1.93. The summed E-state index contributed by atoms with van der Waals surface area (Å²) < 4.78 is 4.92. The first-order valence-corrected chi connectivity index (χ1v) is 6.08. The summed E-state index contributed by atoms with van der Waals surface area (Å²) in [5, 5.41) is 0. The Labute approximate surface area is 110 Å². The molecule has 1 atom stereocenters. The topological polar surface area (TPSA) is 92.3 Å². The Kier molecular flexibility index (Phi) is 3.71. The Morgan fingerprint density at radius 3 is 2.95 bits per heavy atom. The smallest absolute Gasteiger partial charge is 0.408 e. The highest BCUT2D eigenvalue weighted by molar-refractivity contribution is 5.78. The van der Waals surface area contributed by atoms with Crippen molar-refractivity contribution >= 4 is 17.0 Å². The van der Waals surface area contributed by atoms with Crippen molar-refractivity contribution in [2.24, 2.45) is 11.7 Å². The van der Waals surface area contributed by atoms with Crippen molar-refractivity contribution in [1.29, 1.82) is 0 Å². The molecule has 6 heteroatoms. The van der Waals surface area contributed by atoms with Gasteiger partial charge in [-0.1, -0.05) is 13.0 Å². The molecule has 1 heterocycles. The number of carbonyl (C=O) groups is 1. The molecule has 0 spiro atoms. The minimum atomic E-state index is -0.478. The fraction of sp³-hybridized carbons (Fsp3) is 0.385. The van der Waals surface area contributed by atoms with Crippen LogP contribution in [0.2, 0.25) is 0 Å².